The van der Waals surface area contributed by atoms with Crippen molar-refractivity contribution in [2.45, 2.75) is 0 Å². The number of halogens is 1. The van der Waals surface area contributed by atoms with Crippen molar-refractivity contribution >= 4 is 40.7 Å². The first kappa shape index (κ1) is 19.6. The summed E-state index contributed by atoms with van der Waals surface area (Å²) in [5.41, 5.74) is 6.43. The number of carbonyl (C=O) groups excluding carboxylic acids is 1. The van der Waals surface area contributed by atoms with Crippen LogP contribution < -0.4 is 5.43 Å². The number of hydrogen-bond acceptors (Lipinski definition) is 3. The highest BCUT2D eigenvalue weighted by Gasteiger charge is 2.13. The van der Waals surface area contributed by atoms with Crippen LogP contribution in [0.4, 0.5) is 0 Å². The van der Waals surface area contributed by atoms with E-state index in [1.54, 1.807) is 12.1 Å². The number of para-hydroxylation sites is 1. The second kappa shape index (κ2) is 9.16. The van der Waals surface area contributed by atoms with Crippen molar-refractivity contribution in [1.29, 1.82) is 0 Å². The number of benzene rings is 3. The van der Waals surface area contributed by atoms with Gasteiger partial charge in [-0.15, -0.1) is 0 Å². The van der Waals surface area contributed by atoms with Gasteiger partial charge in [0.1, 0.15) is 0 Å². The van der Waals surface area contributed by atoms with Gasteiger partial charge in [-0.2, -0.15) is 5.10 Å². The van der Waals surface area contributed by atoms with E-state index in [1.165, 1.54) is 6.21 Å². The van der Waals surface area contributed by atoms with Crippen LogP contribution in [0.2, 0.25) is 0 Å². The minimum Gasteiger partial charge on any atom is -0.267 e. The molecular weight excluding hydrogens is 394 g/mol. The second-order valence-electron chi connectivity index (χ2n) is 6.58. The third kappa shape index (κ3) is 4.62. The zero-order valence-corrected chi connectivity index (χ0v) is 16.8. The fourth-order valence-electron chi connectivity index (χ4n) is 3.08. The van der Waals surface area contributed by atoms with Crippen LogP contribution in [0.15, 0.2) is 101 Å². The largest absolute Gasteiger partial charge is 0.272 e. The average Bonchev–Trinajstić information content (AvgIpc) is 2.79. The second-order valence-corrected chi connectivity index (χ2v) is 7.01. The Morgan fingerprint density at radius 2 is 1.57 bits per heavy atom. The highest BCUT2D eigenvalue weighted by atomic mass is 35.5. The van der Waals surface area contributed by atoms with E-state index < -0.39 is 0 Å². The number of hydrazone groups is 1. The van der Waals surface area contributed by atoms with Gasteiger partial charge in [0.15, 0.2) is 0 Å². The van der Waals surface area contributed by atoms with Crippen molar-refractivity contribution in [1.82, 2.24) is 10.4 Å². The monoisotopic (exact) mass is 411 g/mol. The first-order chi connectivity index (χ1) is 14.7. The lowest BCUT2D eigenvalue weighted by molar-refractivity contribution is 0.0957. The number of allylic oxidation sites excluding steroid dienone is 1. The molecule has 0 aliphatic carbocycles. The van der Waals surface area contributed by atoms with Gasteiger partial charge in [-0.1, -0.05) is 90.5 Å². The van der Waals surface area contributed by atoms with E-state index in [2.05, 4.69) is 10.5 Å². The summed E-state index contributed by atoms with van der Waals surface area (Å²) >= 11 is 6.20. The van der Waals surface area contributed by atoms with Crippen LogP contribution in [0.3, 0.4) is 0 Å². The van der Waals surface area contributed by atoms with Gasteiger partial charge < -0.3 is 0 Å². The lowest BCUT2D eigenvalue weighted by Gasteiger charge is -2.09. The van der Waals surface area contributed by atoms with Crippen LogP contribution in [0.25, 0.3) is 28.2 Å². The maximum absolute atomic E-state index is 12.9. The number of nitrogens with one attached hydrogen (secondary N) is 1. The molecule has 4 rings (SSSR count). The van der Waals surface area contributed by atoms with Crippen molar-refractivity contribution in [2.75, 3.05) is 0 Å². The standard InChI is InChI=1S/C25H18ClN3O/c26-20(15-18-9-3-1-4-10-18)17-27-29-25(30)22-16-24(19-11-5-2-6-12-19)28-23-14-8-7-13-21(22)23/h1-17H,(H,29,30)/b20-15-,27-17+. The molecule has 0 spiro atoms. The summed E-state index contributed by atoms with van der Waals surface area (Å²) in [6.07, 6.45) is 3.18. The van der Waals surface area contributed by atoms with E-state index in [9.17, 15) is 4.79 Å². The van der Waals surface area contributed by atoms with E-state index in [-0.39, 0.29) is 5.91 Å². The fourth-order valence-corrected chi connectivity index (χ4v) is 3.25. The Balaban J connectivity index is 1.60. The summed E-state index contributed by atoms with van der Waals surface area (Å²) in [5, 5.41) is 5.18. The summed E-state index contributed by atoms with van der Waals surface area (Å²) < 4.78 is 0. The van der Waals surface area contributed by atoms with Gasteiger partial charge in [0.2, 0.25) is 0 Å². The smallest absolute Gasteiger partial charge is 0.267 e. The molecule has 1 amide bonds. The number of fused-ring (bicyclic) bond motifs is 1. The molecule has 0 aliphatic heterocycles. The van der Waals surface area contributed by atoms with Crippen molar-refractivity contribution < 1.29 is 4.79 Å². The third-order valence-electron chi connectivity index (χ3n) is 4.49. The van der Waals surface area contributed by atoms with Crippen LogP contribution in [-0.4, -0.2) is 17.1 Å². The van der Waals surface area contributed by atoms with E-state index in [0.717, 1.165) is 27.7 Å². The molecule has 0 unspecified atom stereocenters. The molecule has 146 valence electrons. The van der Waals surface area contributed by atoms with Gasteiger partial charge in [0, 0.05) is 10.9 Å². The van der Waals surface area contributed by atoms with Crippen LogP contribution in [0.5, 0.6) is 0 Å². The molecule has 3 aromatic carbocycles. The van der Waals surface area contributed by atoms with Crippen molar-refractivity contribution in [3.05, 3.63) is 107 Å². The molecule has 1 N–H and O–H groups in total. The van der Waals surface area contributed by atoms with Gasteiger partial charge >= 0.3 is 0 Å². The van der Waals surface area contributed by atoms with Gasteiger partial charge in [0.25, 0.3) is 5.91 Å². The number of rotatable bonds is 5. The molecule has 0 bridgehead atoms. The zero-order chi connectivity index (χ0) is 20.8. The van der Waals surface area contributed by atoms with Crippen molar-refractivity contribution in [3.63, 3.8) is 0 Å². The summed E-state index contributed by atoms with van der Waals surface area (Å²) in [6, 6.07) is 28.7. The minimum atomic E-state index is -0.328. The lowest BCUT2D eigenvalue weighted by atomic mass is 10.0. The fraction of sp³-hybridized carbons (Fsp3) is 0. The van der Waals surface area contributed by atoms with Crippen LogP contribution in [0.1, 0.15) is 15.9 Å². The number of carbonyl (C=O) groups is 1. The topological polar surface area (TPSA) is 54.4 Å². The maximum Gasteiger partial charge on any atom is 0.272 e. The highest BCUT2D eigenvalue weighted by Crippen LogP contribution is 2.24. The first-order valence-electron chi connectivity index (χ1n) is 9.41. The SMILES string of the molecule is O=C(N/N=C/C(Cl)=C/c1ccccc1)c1cc(-c2ccccc2)nc2ccccc12. The Labute approximate surface area is 179 Å². The van der Waals surface area contributed by atoms with Crippen LogP contribution in [-0.2, 0) is 0 Å². The lowest BCUT2D eigenvalue weighted by Crippen LogP contribution is -2.18. The number of nitrogens with zero attached hydrogens (tertiary/aromatic N) is 2. The number of pyridine rings is 1. The van der Waals surface area contributed by atoms with Crippen LogP contribution in [0, 0.1) is 0 Å². The number of amides is 1. The predicted molar refractivity (Wildman–Crippen MR) is 123 cm³/mol. The summed E-state index contributed by atoms with van der Waals surface area (Å²) in [6.45, 7) is 0. The Morgan fingerprint density at radius 3 is 2.33 bits per heavy atom. The van der Waals surface area contributed by atoms with E-state index in [0.29, 0.717) is 10.6 Å². The zero-order valence-electron chi connectivity index (χ0n) is 16.0. The minimum absolute atomic E-state index is 0.328. The normalized spacial score (nSPS) is 11.7. The molecule has 0 saturated carbocycles. The summed E-state index contributed by atoms with van der Waals surface area (Å²) in [7, 11) is 0. The summed E-state index contributed by atoms with van der Waals surface area (Å²) in [4.78, 5) is 17.6. The molecule has 1 heterocycles. The molecule has 5 heteroatoms. The molecule has 0 aliphatic rings. The number of hydrogen-bond donors (Lipinski definition) is 1. The molecule has 1 aromatic heterocycles. The van der Waals surface area contributed by atoms with Crippen LogP contribution >= 0.6 is 11.6 Å². The molecule has 4 aromatic rings. The molecular formula is C25H18ClN3O. The Bertz CT molecular complexity index is 1240. The predicted octanol–water partition coefficient (Wildman–Crippen LogP) is 5.90. The van der Waals surface area contributed by atoms with E-state index in [1.807, 2.05) is 84.9 Å². The average molecular weight is 412 g/mol. The first-order valence-corrected chi connectivity index (χ1v) is 9.79. The van der Waals surface area contributed by atoms with Gasteiger partial charge in [-0.25, -0.2) is 10.4 Å². The Kier molecular flexibility index (Phi) is 5.97. The Hall–Kier alpha value is -3.76. The molecule has 4 nitrogen and oxygen atoms in total. The van der Waals surface area contributed by atoms with Crippen molar-refractivity contribution in [3.8, 4) is 11.3 Å². The van der Waals surface area contributed by atoms with Gasteiger partial charge in [0.05, 0.1) is 28.0 Å². The third-order valence-corrected chi connectivity index (χ3v) is 4.70. The van der Waals surface area contributed by atoms with Gasteiger partial charge in [-0.05, 0) is 23.8 Å². The molecule has 30 heavy (non-hydrogen) atoms. The van der Waals surface area contributed by atoms with E-state index in [4.69, 9.17) is 16.6 Å². The number of aromatic nitrogens is 1. The highest BCUT2D eigenvalue weighted by molar-refractivity contribution is 6.41. The van der Waals surface area contributed by atoms with Gasteiger partial charge in [-0.3, -0.25) is 4.79 Å². The van der Waals surface area contributed by atoms with Crippen molar-refractivity contribution in [2.24, 2.45) is 5.10 Å². The molecule has 0 atom stereocenters. The van der Waals surface area contributed by atoms with E-state index >= 15 is 0 Å². The molecule has 0 saturated heterocycles. The summed E-state index contributed by atoms with van der Waals surface area (Å²) in [5.74, 6) is -0.328. The quantitative estimate of drug-likeness (QED) is 0.328. The maximum atomic E-state index is 12.9. The molecule has 0 radical (unpaired) electrons. The molecule has 0 fully saturated rings. The Morgan fingerprint density at radius 1 is 0.900 bits per heavy atom.